The van der Waals surface area contributed by atoms with Gasteiger partial charge in [-0.1, -0.05) is 6.07 Å². The van der Waals surface area contributed by atoms with Crippen molar-refractivity contribution >= 4 is 17.2 Å². The van der Waals surface area contributed by atoms with Crippen molar-refractivity contribution in [3.8, 4) is 16.3 Å². The van der Waals surface area contributed by atoms with Crippen molar-refractivity contribution in [3.63, 3.8) is 0 Å². The zero-order valence-corrected chi connectivity index (χ0v) is 11.1. The van der Waals surface area contributed by atoms with Crippen molar-refractivity contribution in [1.82, 2.24) is 9.78 Å². The van der Waals surface area contributed by atoms with Crippen molar-refractivity contribution < 1.29 is 4.39 Å². The van der Waals surface area contributed by atoms with Crippen LogP contribution in [0.1, 0.15) is 5.56 Å². The van der Waals surface area contributed by atoms with Gasteiger partial charge in [0, 0.05) is 6.07 Å². The summed E-state index contributed by atoms with van der Waals surface area (Å²) in [7, 11) is 0. The number of halogens is 1. The Bertz CT molecular complexity index is 716. The zero-order valence-electron chi connectivity index (χ0n) is 10.3. The summed E-state index contributed by atoms with van der Waals surface area (Å²) < 4.78 is 14.8. The highest BCUT2D eigenvalue weighted by molar-refractivity contribution is 7.13. The first-order chi connectivity index (χ1) is 9.15. The monoisotopic (exact) mass is 273 g/mol. The van der Waals surface area contributed by atoms with Gasteiger partial charge in [-0.25, -0.2) is 9.07 Å². The molecule has 5 heteroatoms. The van der Waals surface area contributed by atoms with E-state index in [1.54, 1.807) is 22.1 Å². The highest BCUT2D eigenvalue weighted by Crippen LogP contribution is 2.27. The SMILES string of the molecule is Cc1cc(F)ccc1-n1nc(-c2cccs2)cc1N. The van der Waals surface area contributed by atoms with Crippen LogP contribution in [0.25, 0.3) is 16.3 Å². The van der Waals surface area contributed by atoms with Gasteiger partial charge in [0.1, 0.15) is 17.3 Å². The van der Waals surface area contributed by atoms with Gasteiger partial charge in [-0.05, 0) is 42.1 Å². The average Bonchev–Trinajstić information content (AvgIpc) is 2.98. The van der Waals surface area contributed by atoms with Gasteiger partial charge in [-0.2, -0.15) is 5.10 Å². The lowest BCUT2D eigenvalue weighted by atomic mass is 10.2. The quantitative estimate of drug-likeness (QED) is 0.774. The summed E-state index contributed by atoms with van der Waals surface area (Å²) in [5.74, 6) is 0.281. The number of anilines is 1. The number of aromatic nitrogens is 2. The normalized spacial score (nSPS) is 10.8. The second-order valence-electron chi connectivity index (χ2n) is 4.27. The number of nitrogens with two attached hydrogens (primary N) is 1. The summed E-state index contributed by atoms with van der Waals surface area (Å²) in [5, 5.41) is 6.49. The molecule has 3 nitrogen and oxygen atoms in total. The molecule has 0 amide bonds. The van der Waals surface area contributed by atoms with E-state index in [-0.39, 0.29) is 5.82 Å². The molecule has 0 bridgehead atoms. The number of rotatable bonds is 2. The summed E-state index contributed by atoms with van der Waals surface area (Å²) in [4.78, 5) is 1.06. The molecular weight excluding hydrogens is 261 g/mol. The maximum atomic E-state index is 13.1. The Morgan fingerprint density at radius 3 is 2.79 bits per heavy atom. The topological polar surface area (TPSA) is 43.8 Å². The van der Waals surface area contributed by atoms with Gasteiger partial charge >= 0.3 is 0 Å². The van der Waals surface area contributed by atoms with Crippen LogP contribution in [-0.4, -0.2) is 9.78 Å². The summed E-state index contributed by atoms with van der Waals surface area (Å²) in [6, 6.07) is 10.4. The lowest BCUT2D eigenvalue weighted by molar-refractivity contribution is 0.625. The summed E-state index contributed by atoms with van der Waals surface area (Å²) in [5.41, 5.74) is 8.42. The summed E-state index contributed by atoms with van der Waals surface area (Å²) >= 11 is 1.61. The smallest absolute Gasteiger partial charge is 0.127 e. The van der Waals surface area contributed by atoms with Gasteiger partial charge < -0.3 is 5.73 Å². The Kier molecular flexibility index (Phi) is 2.83. The van der Waals surface area contributed by atoms with E-state index in [1.807, 2.05) is 30.5 Å². The molecule has 0 saturated heterocycles. The van der Waals surface area contributed by atoms with Gasteiger partial charge in [0.15, 0.2) is 0 Å². The fraction of sp³-hybridized carbons (Fsp3) is 0.0714. The van der Waals surface area contributed by atoms with Crippen molar-refractivity contribution in [2.24, 2.45) is 0 Å². The lowest BCUT2D eigenvalue weighted by Gasteiger charge is -2.07. The first-order valence-electron chi connectivity index (χ1n) is 5.81. The number of thiophene rings is 1. The number of nitrogen functional groups attached to an aromatic ring is 1. The van der Waals surface area contributed by atoms with E-state index in [0.717, 1.165) is 21.8 Å². The van der Waals surface area contributed by atoms with Crippen LogP contribution in [0.4, 0.5) is 10.2 Å². The third kappa shape index (κ3) is 2.13. The van der Waals surface area contributed by atoms with Crippen molar-refractivity contribution in [1.29, 1.82) is 0 Å². The Labute approximate surface area is 114 Å². The molecule has 0 unspecified atom stereocenters. The van der Waals surface area contributed by atoms with Crippen LogP contribution in [0, 0.1) is 12.7 Å². The molecule has 0 aliphatic heterocycles. The summed E-state index contributed by atoms with van der Waals surface area (Å²) in [6.45, 7) is 1.84. The van der Waals surface area contributed by atoms with Gasteiger partial charge in [-0.3, -0.25) is 0 Å². The van der Waals surface area contributed by atoms with Gasteiger partial charge in [0.05, 0.1) is 10.6 Å². The summed E-state index contributed by atoms with van der Waals surface area (Å²) in [6.07, 6.45) is 0. The van der Waals surface area contributed by atoms with Crippen LogP contribution in [0.3, 0.4) is 0 Å². The predicted molar refractivity (Wildman–Crippen MR) is 76.0 cm³/mol. The molecule has 0 atom stereocenters. The van der Waals surface area contributed by atoms with Crippen LogP contribution in [0.15, 0.2) is 41.8 Å². The van der Waals surface area contributed by atoms with Crippen LogP contribution >= 0.6 is 11.3 Å². The molecule has 2 N–H and O–H groups in total. The van der Waals surface area contributed by atoms with Crippen LogP contribution in [-0.2, 0) is 0 Å². The van der Waals surface area contributed by atoms with Crippen LogP contribution in [0.2, 0.25) is 0 Å². The second kappa shape index (κ2) is 4.51. The number of hydrogen-bond acceptors (Lipinski definition) is 3. The standard InChI is InChI=1S/C14H12FN3S/c1-9-7-10(15)4-5-12(9)18-14(16)8-11(17-18)13-3-2-6-19-13/h2-8H,16H2,1H3. The van der Waals surface area contributed by atoms with Crippen LogP contribution in [0.5, 0.6) is 0 Å². The molecule has 19 heavy (non-hydrogen) atoms. The van der Waals surface area contributed by atoms with Gasteiger partial charge in [0.2, 0.25) is 0 Å². The van der Waals surface area contributed by atoms with Gasteiger partial charge in [-0.15, -0.1) is 11.3 Å². The third-order valence-corrected chi connectivity index (χ3v) is 3.79. The predicted octanol–water partition coefficient (Wildman–Crippen LogP) is 3.63. The molecule has 0 fully saturated rings. The Morgan fingerprint density at radius 1 is 1.26 bits per heavy atom. The van der Waals surface area contributed by atoms with Crippen molar-refractivity contribution in [3.05, 3.63) is 53.2 Å². The average molecular weight is 273 g/mol. The lowest BCUT2D eigenvalue weighted by Crippen LogP contribution is -2.03. The maximum absolute atomic E-state index is 13.1. The first-order valence-corrected chi connectivity index (χ1v) is 6.69. The van der Waals surface area contributed by atoms with E-state index in [1.165, 1.54) is 12.1 Å². The number of nitrogens with zero attached hydrogens (tertiary/aromatic N) is 2. The molecular formula is C14H12FN3S. The van der Waals surface area contributed by atoms with E-state index >= 15 is 0 Å². The number of hydrogen-bond donors (Lipinski definition) is 1. The molecule has 3 aromatic rings. The first kappa shape index (κ1) is 11.9. The minimum atomic E-state index is -0.259. The molecule has 0 saturated carbocycles. The van der Waals surface area contributed by atoms with Crippen molar-refractivity contribution in [2.75, 3.05) is 5.73 Å². The number of benzene rings is 1. The van der Waals surface area contributed by atoms with E-state index in [9.17, 15) is 4.39 Å². The molecule has 2 heterocycles. The number of aryl methyl sites for hydroxylation is 1. The molecule has 3 rings (SSSR count). The highest BCUT2D eigenvalue weighted by Gasteiger charge is 2.11. The highest BCUT2D eigenvalue weighted by atomic mass is 32.1. The molecule has 1 aromatic carbocycles. The largest absolute Gasteiger partial charge is 0.384 e. The minimum Gasteiger partial charge on any atom is -0.384 e. The fourth-order valence-electron chi connectivity index (χ4n) is 1.99. The van der Waals surface area contributed by atoms with Crippen LogP contribution < -0.4 is 5.73 Å². The van der Waals surface area contributed by atoms with Gasteiger partial charge in [0.25, 0.3) is 0 Å². The van der Waals surface area contributed by atoms with E-state index in [4.69, 9.17) is 5.73 Å². The Balaban J connectivity index is 2.11. The molecule has 0 aliphatic carbocycles. The van der Waals surface area contributed by atoms with E-state index in [0.29, 0.717) is 5.82 Å². The minimum absolute atomic E-state index is 0.259. The third-order valence-electron chi connectivity index (χ3n) is 2.90. The molecule has 96 valence electrons. The Hall–Kier alpha value is -2.14. The maximum Gasteiger partial charge on any atom is 0.127 e. The zero-order chi connectivity index (χ0) is 13.4. The molecule has 0 spiro atoms. The van der Waals surface area contributed by atoms with E-state index in [2.05, 4.69) is 5.10 Å². The molecule has 0 aliphatic rings. The van der Waals surface area contributed by atoms with Crippen molar-refractivity contribution in [2.45, 2.75) is 6.92 Å². The second-order valence-corrected chi connectivity index (χ2v) is 5.22. The van der Waals surface area contributed by atoms with E-state index < -0.39 is 0 Å². The fourth-order valence-corrected chi connectivity index (χ4v) is 2.67. The Morgan fingerprint density at radius 2 is 2.11 bits per heavy atom. The molecule has 2 aromatic heterocycles. The molecule has 0 radical (unpaired) electrons.